The third kappa shape index (κ3) is 2.07. The second-order valence-electron chi connectivity index (χ2n) is 5.31. The first kappa shape index (κ1) is 12.8. The van der Waals surface area contributed by atoms with Crippen LogP contribution in [0.3, 0.4) is 0 Å². The normalized spacial score (nSPS) is 14.1. The van der Waals surface area contributed by atoms with E-state index in [-0.39, 0.29) is 11.9 Å². The van der Waals surface area contributed by atoms with Gasteiger partial charge in [-0.2, -0.15) is 0 Å². The highest BCUT2D eigenvalue weighted by molar-refractivity contribution is 5.97. The molecule has 0 fully saturated rings. The molecule has 0 saturated heterocycles. The van der Waals surface area contributed by atoms with Crippen molar-refractivity contribution in [1.29, 1.82) is 0 Å². The van der Waals surface area contributed by atoms with E-state index in [1.807, 2.05) is 12.1 Å². The minimum atomic E-state index is -0.0145. The lowest BCUT2D eigenvalue weighted by molar-refractivity contribution is 0.0732. The largest absolute Gasteiger partial charge is 0.368 e. The van der Waals surface area contributed by atoms with Crippen molar-refractivity contribution in [3.8, 4) is 0 Å². The fourth-order valence-electron chi connectivity index (χ4n) is 2.74. The van der Waals surface area contributed by atoms with Gasteiger partial charge in [-0.25, -0.2) is 15.0 Å². The van der Waals surface area contributed by atoms with Gasteiger partial charge in [0.05, 0.1) is 29.6 Å². The predicted octanol–water partition coefficient (Wildman–Crippen LogP) is 1.13. The fourth-order valence-corrected chi connectivity index (χ4v) is 2.74. The van der Waals surface area contributed by atoms with Crippen molar-refractivity contribution in [3.63, 3.8) is 0 Å². The van der Waals surface area contributed by atoms with Gasteiger partial charge >= 0.3 is 0 Å². The summed E-state index contributed by atoms with van der Waals surface area (Å²) >= 11 is 0. The molecule has 0 unspecified atom stereocenters. The molecule has 0 atom stereocenters. The molecule has 0 radical (unpaired) electrons. The molecule has 3 aromatic rings. The smallest absolute Gasteiger partial charge is 0.254 e. The van der Waals surface area contributed by atoms with Gasteiger partial charge in [-0.05, 0) is 30.2 Å². The Kier molecular flexibility index (Phi) is 2.78. The number of fused-ring (bicyclic) bond motifs is 2. The van der Waals surface area contributed by atoms with Crippen LogP contribution in [0.2, 0.25) is 0 Å². The van der Waals surface area contributed by atoms with E-state index in [9.17, 15) is 4.79 Å². The number of nitrogens with zero attached hydrogens (tertiary/aromatic N) is 4. The van der Waals surface area contributed by atoms with Crippen LogP contribution >= 0.6 is 0 Å². The van der Waals surface area contributed by atoms with Gasteiger partial charge in [-0.1, -0.05) is 0 Å². The number of anilines is 1. The third-order valence-electron chi connectivity index (χ3n) is 3.92. The van der Waals surface area contributed by atoms with Gasteiger partial charge in [-0.15, -0.1) is 0 Å². The molecule has 2 aromatic heterocycles. The maximum Gasteiger partial charge on any atom is 0.254 e. The number of carbonyl (C=O) groups excluding carboxylic acids is 1. The Balaban J connectivity index is 1.63. The highest BCUT2D eigenvalue weighted by atomic mass is 16.2. The SMILES string of the molecule is Nc1ncc2c(n1)CN(C(=O)c1ccc3nc[nH]c3c1)CC2. The van der Waals surface area contributed by atoms with Crippen LogP contribution < -0.4 is 5.73 Å². The Bertz CT molecular complexity index is 871. The maximum atomic E-state index is 12.7. The van der Waals surface area contributed by atoms with Crippen molar-refractivity contribution >= 4 is 22.9 Å². The average molecular weight is 294 g/mol. The summed E-state index contributed by atoms with van der Waals surface area (Å²) in [6, 6.07) is 5.47. The topological polar surface area (TPSA) is 101 Å². The molecule has 0 saturated carbocycles. The number of benzene rings is 1. The summed E-state index contributed by atoms with van der Waals surface area (Å²) in [6.07, 6.45) is 4.11. The maximum absolute atomic E-state index is 12.7. The van der Waals surface area contributed by atoms with Gasteiger partial charge in [0.25, 0.3) is 5.91 Å². The standard InChI is InChI=1S/C15H14N6O/c16-15-17-6-10-3-4-21(7-13(10)20-15)14(22)9-1-2-11-12(5-9)19-8-18-11/h1-2,5-6,8H,3-4,7H2,(H,18,19)(H2,16,17,20). The van der Waals surface area contributed by atoms with E-state index in [4.69, 9.17) is 5.73 Å². The van der Waals surface area contributed by atoms with Gasteiger partial charge in [0.15, 0.2) is 0 Å². The minimum absolute atomic E-state index is 0.0145. The van der Waals surface area contributed by atoms with Crippen LogP contribution in [0.1, 0.15) is 21.6 Å². The molecule has 3 N–H and O–H groups in total. The van der Waals surface area contributed by atoms with Crippen LogP contribution in [0.25, 0.3) is 11.0 Å². The molecule has 1 aliphatic heterocycles. The minimum Gasteiger partial charge on any atom is -0.368 e. The number of amides is 1. The van der Waals surface area contributed by atoms with E-state index in [1.54, 1.807) is 23.5 Å². The van der Waals surface area contributed by atoms with Gasteiger partial charge in [-0.3, -0.25) is 4.79 Å². The number of rotatable bonds is 1. The van der Waals surface area contributed by atoms with Crippen molar-refractivity contribution in [3.05, 3.63) is 47.5 Å². The molecule has 4 rings (SSSR count). The number of aromatic nitrogens is 4. The second-order valence-corrected chi connectivity index (χ2v) is 5.31. The van der Waals surface area contributed by atoms with E-state index in [1.165, 1.54) is 0 Å². The molecular weight excluding hydrogens is 280 g/mol. The first-order valence-electron chi connectivity index (χ1n) is 7.03. The van der Waals surface area contributed by atoms with E-state index in [0.29, 0.717) is 18.7 Å². The van der Waals surface area contributed by atoms with Crippen LogP contribution in [-0.2, 0) is 13.0 Å². The number of hydrogen-bond donors (Lipinski definition) is 2. The Labute approximate surface area is 126 Å². The van der Waals surface area contributed by atoms with Crippen molar-refractivity contribution in [2.75, 3.05) is 12.3 Å². The Hall–Kier alpha value is -2.96. The Morgan fingerprint density at radius 3 is 3.14 bits per heavy atom. The third-order valence-corrected chi connectivity index (χ3v) is 3.92. The van der Waals surface area contributed by atoms with Crippen LogP contribution in [0.4, 0.5) is 5.95 Å². The van der Waals surface area contributed by atoms with Crippen molar-refractivity contribution < 1.29 is 4.79 Å². The Morgan fingerprint density at radius 2 is 2.23 bits per heavy atom. The first-order valence-corrected chi connectivity index (χ1v) is 7.03. The molecule has 1 amide bonds. The van der Waals surface area contributed by atoms with E-state index in [2.05, 4.69) is 19.9 Å². The highest BCUT2D eigenvalue weighted by Crippen LogP contribution is 2.20. The number of nitrogens with one attached hydrogen (secondary N) is 1. The lowest BCUT2D eigenvalue weighted by Gasteiger charge is -2.28. The summed E-state index contributed by atoms with van der Waals surface area (Å²) in [7, 11) is 0. The molecular formula is C15H14N6O. The van der Waals surface area contributed by atoms with Crippen molar-refractivity contribution in [1.82, 2.24) is 24.8 Å². The molecule has 0 aliphatic carbocycles. The Morgan fingerprint density at radius 1 is 1.32 bits per heavy atom. The number of aromatic amines is 1. The monoisotopic (exact) mass is 294 g/mol. The van der Waals surface area contributed by atoms with Crippen LogP contribution in [0, 0.1) is 0 Å². The number of imidazole rings is 1. The van der Waals surface area contributed by atoms with Crippen LogP contribution in [0.15, 0.2) is 30.7 Å². The van der Waals surface area contributed by atoms with E-state index in [0.717, 1.165) is 28.7 Å². The summed E-state index contributed by atoms with van der Waals surface area (Å²) in [5, 5.41) is 0. The zero-order chi connectivity index (χ0) is 15.1. The average Bonchev–Trinajstić information content (AvgIpc) is 3.01. The van der Waals surface area contributed by atoms with Gasteiger partial charge in [0, 0.05) is 18.3 Å². The fraction of sp³-hybridized carbons (Fsp3) is 0.200. The molecule has 0 bridgehead atoms. The first-order chi connectivity index (χ1) is 10.7. The lowest BCUT2D eigenvalue weighted by Crippen LogP contribution is -2.36. The number of carbonyl (C=O) groups is 1. The van der Waals surface area contributed by atoms with E-state index >= 15 is 0 Å². The molecule has 7 heteroatoms. The zero-order valence-electron chi connectivity index (χ0n) is 11.8. The molecule has 3 heterocycles. The zero-order valence-corrected chi connectivity index (χ0v) is 11.8. The lowest BCUT2D eigenvalue weighted by atomic mass is 10.1. The predicted molar refractivity (Wildman–Crippen MR) is 81.0 cm³/mol. The second kappa shape index (κ2) is 4.80. The summed E-state index contributed by atoms with van der Waals surface area (Å²) in [4.78, 5) is 29.9. The van der Waals surface area contributed by atoms with Gasteiger partial charge in [0.1, 0.15) is 0 Å². The number of nitrogen functional groups attached to an aromatic ring is 1. The van der Waals surface area contributed by atoms with Crippen LogP contribution in [0.5, 0.6) is 0 Å². The number of hydrogen-bond acceptors (Lipinski definition) is 5. The molecule has 0 spiro atoms. The molecule has 7 nitrogen and oxygen atoms in total. The molecule has 1 aliphatic rings. The molecule has 1 aromatic carbocycles. The summed E-state index contributed by atoms with van der Waals surface area (Å²) < 4.78 is 0. The van der Waals surface area contributed by atoms with Gasteiger partial charge < -0.3 is 15.6 Å². The summed E-state index contributed by atoms with van der Waals surface area (Å²) in [5.74, 6) is 0.228. The number of H-pyrrole nitrogens is 1. The van der Waals surface area contributed by atoms with Crippen molar-refractivity contribution in [2.24, 2.45) is 0 Å². The quantitative estimate of drug-likeness (QED) is 0.700. The van der Waals surface area contributed by atoms with E-state index < -0.39 is 0 Å². The molecule has 110 valence electrons. The molecule has 22 heavy (non-hydrogen) atoms. The summed E-state index contributed by atoms with van der Waals surface area (Å²) in [5.41, 5.74) is 9.86. The summed E-state index contributed by atoms with van der Waals surface area (Å²) in [6.45, 7) is 1.11. The van der Waals surface area contributed by atoms with Gasteiger partial charge in [0.2, 0.25) is 5.95 Å². The number of nitrogens with two attached hydrogens (primary N) is 1. The highest BCUT2D eigenvalue weighted by Gasteiger charge is 2.23. The van der Waals surface area contributed by atoms with Crippen molar-refractivity contribution in [2.45, 2.75) is 13.0 Å². The van der Waals surface area contributed by atoms with Crippen LogP contribution in [-0.4, -0.2) is 37.3 Å².